The molecule has 24 heavy (non-hydrogen) atoms. The highest BCUT2D eigenvalue weighted by molar-refractivity contribution is 5.59. The molecule has 6 heteroatoms. The maximum atomic E-state index is 4.76. The molecule has 0 bridgehead atoms. The first-order chi connectivity index (χ1) is 11.8. The summed E-state index contributed by atoms with van der Waals surface area (Å²) in [6, 6.07) is 4.13. The zero-order chi connectivity index (χ0) is 16.1. The molecule has 3 aromatic heterocycles. The van der Waals surface area contributed by atoms with E-state index in [9.17, 15) is 0 Å². The number of hydrogen-bond acceptors (Lipinski definition) is 4. The second-order valence-corrected chi connectivity index (χ2v) is 6.93. The van der Waals surface area contributed by atoms with E-state index >= 15 is 0 Å². The van der Waals surface area contributed by atoms with Crippen molar-refractivity contribution < 1.29 is 0 Å². The van der Waals surface area contributed by atoms with Crippen molar-refractivity contribution in [3.63, 3.8) is 0 Å². The summed E-state index contributed by atoms with van der Waals surface area (Å²) in [4.78, 5) is 11.4. The standard InChI is InChI=1S/C18H20N6/c1-22-8-13(6-21-22)9-23-10-15-11-24-17(14-2-4-19-5-3-14)7-20-18(24)16(15)12-23/h2-8,15-16H,9-12H2,1H3/t15-,16+/m0/s1. The monoisotopic (exact) mass is 320 g/mol. The van der Waals surface area contributed by atoms with Gasteiger partial charge in [-0.05, 0) is 12.1 Å². The van der Waals surface area contributed by atoms with Gasteiger partial charge in [0.25, 0.3) is 0 Å². The molecule has 5 rings (SSSR count). The Hall–Kier alpha value is -2.47. The molecule has 0 unspecified atom stereocenters. The maximum absolute atomic E-state index is 4.76. The van der Waals surface area contributed by atoms with Crippen LogP contribution in [-0.2, 0) is 20.1 Å². The molecule has 1 fully saturated rings. The number of hydrogen-bond donors (Lipinski definition) is 0. The van der Waals surface area contributed by atoms with Crippen LogP contribution in [0.1, 0.15) is 17.3 Å². The number of imidazole rings is 1. The highest BCUT2D eigenvalue weighted by Gasteiger charge is 2.42. The lowest BCUT2D eigenvalue weighted by atomic mass is 9.99. The van der Waals surface area contributed by atoms with Crippen molar-refractivity contribution in [1.29, 1.82) is 0 Å². The van der Waals surface area contributed by atoms with Crippen LogP contribution in [0, 0.1) is 5.92 Å². The predicted molar refractivity (Wildman–Crippen MR) is 90.2 cm³/mol. The molecule has 0 amide bonds. The van der Waals surface area contributed by atoms with Gasteiger partial charge in [0, 0.05) is 74.8 Å². The van der Waals surface area contributed by atoms with Gasteiger partial charge >= 0.3 is 0 Å². The lowest BCUT2D eigenvalue weighted by molar-refractivity contribution is 0.306. The summed E-state index contributed by atoms with van der Waals surface area (Å²) in [6.07, 6.45) is 9.79. The Labute approximate surface area is 140 Å². The average molecular weight is 320 g/mol. The van der Waals surface area contributed by atoms with E-state index < -0.39 is 0 Å². The third-order valence-corrected chi connectivity index (χ3v) is 5.29. The highest BCUT2D eigenvalue weighted by atomic mass is 15.3. The first-order valence-electron chi connectivity index (χ1n) is 8.43. The van der Waals surface area contributed by atoms with Crippen molar-refractivity contribution in [2.24, 2.45) is 13.0 Å². The molecule has 1 saturated heterocycles. The summed E-state index contributed by atoms with van der Waals surface area (Å²) in [7, 11) is 1.97. The summed E-state index contributed by atoms with van der Waals surface area (Å²) in [5, 5.41) is 4.27. The van der Waals surface area contributed by atoms with Crippen LogP contribution in [0.25, 0.3) is 11.3 Å². The Balaban J connectivity index is 1.37. The molecule has 0 spiro atoms. The number of pyridine rings is 1. The van der Waals surface area contributed by atoms with Gasteiger partial charge in [0.15, 0.2) is 0 Å². The van der Waals surface area contributed by atoms with Crippen LogP contribution in [0.2, 0.25) is 0 Å². The van der Waals surface area contributed by atoms with Crippen molar-refractivity contribution in [2.75, 3.05) is 13.1 Å². The largest absolute Gasteiger partial charge is 0.327 e. The number of rotatable bonds is 3. The molecular weight excluding hydrogens is 300 g/mol. The van der Waals surface area contributed by atoms with Crippen LogP contribution in [-0.4, -0.2) is 42.3 Å². The van der Waals surface area contributed by atoms with Gasteiger partial charge in [0.2, 0.25) is 0 Å². The summed E-state index contributed by atoms with van der Waals surface area (Å²) in [6.45, 7) is 4.28. The van der Waals surface area contributed by atoms with E-state index in [2.05, 4.69) is 37.9 Å². The van der Waals surface area contributed by atoms with E-state index in [1.807, 2.05) is 36.5 Å². The maximum Gasteiger partial charge on any atom is 0.113 e. The van der Waals surface area contributed by atoms with Crippen LogP contribution in [0.4, 0.5) is 0 Å². The summed E-state index contributed by atoms with van der Waals surface area (Å²) in [5.74, 6) is 2.48. The summed E-state index contributed by atoms with van der Waals surface area (Å²) < 4.78 is 4.28. The molecule has 0 radical (unpaired) electrons. The van der Waals surface area contributed by atoms with Crippen molar-refractivity contribution >= 4 is 0 Å². The Morgan fingerprint density at radius 2 is 2.00 bits per heavy atom. The molecule has 2 aliphatic heterocycles. The lowest BCUT2D eigenvalue weighted by Gasteiger charge is -2.16. The second kappa shape index (κ2) is 5.27. The van der Waals surface area contributed by atoms with E-state index in [0.29, 0.717) is 11.8 Å². The number of nitrogens with zero attached hydrogens (tertiary/aromatic N) is 6. The Kier molecular flexibility index (Phi) is 3.06. The minimum Gasteiger partial charge on any atom is -0.327 e. The summed E-state index contributed by atoms with van der Waals surface area (Å²) >= 11 is 0. The van der Waals surface area contributed by atoms with Gasteiger partial charge in [-0.25, -0.2) is 4.98 Å². The number of likely N-dealkylation sites (tertiary alicyclic amines) is 1. The predicted octanol–water partition coefficient (Wildman–Crippen LogP) is 1.91. The van der Waals surface area contributed by atoms with Gasteiger partial charge < -0.3 is 4.57 Å². The lowest BCUT2D eigenvalue weighted by Crippen LogP contribution is -2.22. The first kappa shape index (κ1) is 13.9. The molecular formula is C18H20N6. The van der Waals surface area contributed by atoms with Crippen LogP contribution >= 0.6 is 0 Å². The van der Waals surface area contributed by atoms with Crippen LogP contribution in [0.15, 0.2) is 43.1 Å². The van der Waals surface area contributed by atoms with Crippen LogP contribution in [0.3, 0.4) is 0 Å². The zero-order valence-electron chi connectivity index (χ0n) is 13.7. The van der Waals surface area contributed by atoms with E-state index in [1.54, 1.807) is 0 Å². The van der Waals surface area contributed by atoms with E-state index in [-0.39, 0.29) is 0 Å². The first-order valence-corrected chi connectivity index (χ1v) is 8.43. The highest BCUT2D eigenvalue weighted by Crippen LogP contribution is 2.41. The Bertz CT molecular complexity index is 865. The minimum atomic E-state index is 0.553. The zero-order valence-corrected chi connectivity index (χ0v) is 13.7. The summed E-state index contributed by atoms with van der Waals surface area (Å²) in [5.41, 5.74) is 3.72. The fourth-order valence-corrected chi connectivity index (χ4v) is 4.24. The van der Waals surface area contributed by atoms with Crippen molar-refractivity contribution in [1.82, 2.24) is 29.2 Å². The molecule has 0 aromatic carbocycles. The quantitative estimate of drug-likeness (QED) is 0.740. The number of fused-ring (bicyclic) bond motifs is 3. The van der Waals surface area contributed by atoms with Crippen molar-refractivity contribution in [3.05, 3.63) is 54.5 Å². The molecule has 122 valence electrons. The molecule has 2 aliphatic rings. The molecule has 2 atom stereocenters. The number of aromatic nitrogens is 5. The third-order valence-electron chi connectivity index (χ3n) is 5.29. The smallest absolute Gasteiger partial charge is 0.113 e. The van der Waals surface area contributed by atoms with Gasteiger partial charge in [-0.1, -0.05) is 0 Å². The fourth-order valence-electron chi connectivity index (χ4n) is 4.24. The van der Waals surface area contributed by atoms with Gasteiger partial charge in [-0.3, -0.25) is 14.6 Å². The molecule has 6 nitrogen and oxygen atoms in total. The van der Waals surface area contributed by atoms with Gasteiger partial charge in [-0.15, -0.1) is 0 Å². The second-order valence-electron chi connectivity index (χ2n) is 6.93. The normalized spacial score (nSPS) is 22.7. The number of aryl methyl sites for hydroxylation is 1. The third kappa shape index (κ3) is 2.17. The van der Waals surface area contributed by atoms with Gasteiger partial charge in [0.1, 0.15) is 5.82 Å². The Morgan fingerprint density at radius 1 is 1.12 bits per heavy atom. The molecule has 0 N–H and O–H groups in total. The van der Waals surface area contributed by atoms with Crippen molar-refractivity contribution in [3.8, 4) is 11.3 Å². The topological polar surface area (TPSA) is 51.8 Å². The van der Waals surface area contributed by atoms with Crippen molar-refractivity contribution in [2.45, 2.75) is 19.0 Å². The molecule has 0 aliphatic carbocycles. The Morgan fingerprint density at radius 3 is 2.79 bits per heavy atom. The van der Waals surface area contributed by atoms with E-state index in [4.69, 9.17) is 4.98 Å². The SMILES string of the molecule is Cn1cc(CN2C[C@H]3Cn4c(-c5ccncc5)cnc4[C@@H]3C2)cn1. The molecule has 3 aromatic rings. The van der Waals surface area contributed by atoms with Gasteiger partial charge in [-0.2, -0.15) is 5.10 Å². The van der Waals surface area contributed by atoms with Gasteiger partial charge in [0.05, 0.1) is 18.1 Å². The minimum absolute atomic E-state index is 0.553. The molecule has 5 heterocycles. The fraction of sp³-hybridized carbons (Fsp3) is 0.389. The average Bonchev–Trinajstić information content (AvgIpc) is 3.31. The van der Waals surface area contributed by atoms with E-state index in [0.717, 1.165) is 26.2 Å². The molecule has 0 saturated carbocycles. The van der Waals surface area contributed by atoms with Crippen LogP contribution < -0.4 is 0 Å². The van der Waals surface area contributed by atoms with E-state index in [1.165, 1.54) is 22.6 Å². The van der Waals surface area contributed by atoms with Crippen LogP contribution in [0.5, 0.6) is 0 Å².